The fourth-order valence-corrected chi connectivity index (χ4v) is 9.43. The van der Waals surface area contributed by atoms with E-state index in [2.05, 4.69) is 40.7 Å². The number of rotatable bonds is 11. The molecule has 0 spiro atoms. The zero-order valence-electron chi connectivity index (χ0n) is 25.4. The lowest BCUT2D eigenvalue weighted by atomic mass is 9.47. The molecule has 0 aromatic heterocycles. The highest BCUT2D eigenvalue weighted by Crippen LogP contribution is 2.67. The molecule has 3 fully saturated rings. The normalized spacial score (nSPS) is 37.1. The van der Waals surface area contributed by atoms with Crippen LogP contribution in [0, 0.1) is 46.3 Å². The van der Waals surface area contributed by atoms with Crippen molar-refractivity contribution in [3.8, 4) is 0 Å². The average Bonchev–Trinajstić information content (AvgIpc) is 3.22. The van der Waals surface area contributed by atoms with Crippen LogP contribution in [0.4, 0.5) is 0 Å². The Bertz CT molecular complexity index is 726. The monoisotopic (exact) mass is 535 g/mol. The molecule has 0 aliphatic heterocycles. The molecule has 0 aromatic rings. The summed E-state index contributed by atoms with van der Waals surface area (Å²) < 4.78 is 0. The van der Waals surface area contributed by atoms with Crippen molar-refractivity contribution < 1.29 is 20.4 Å². The highest BCUT2D eigenvalue weighted by Gasteiger charge is 2.59. The van der Waals surface area contributed by atoms with Crippen LogP contribution in [0.3, 0.4) is 0 Å². The van der Waals surface area contributed by atoms with Crippen molar-refractivity contribution in [3.05, 3.63) is 11.6 Å². The molecule has 3 saturated carbocycles. The molecule has 0 radical (unpaired) electrons. The second-order valence-corrected chi connectivity index (χ2v) is 14.2. The first-order chi connectivity index (χ1) is 18.1. The first-order valence-corrected chi connectivity index (χ1v) is 16.0. The number of hydrogen-bond donors (Lipinski definition) is 4. The van der Waals surface area contributed by atoms with Gasteiger partial charge in [-0.15, -0.1) is 0 Å². The minimum absolute atomic E-state index is 0.0694. The largest absolute Gasteiger partial charge is 0.395 e. The van der Waals surface area contributed by atoms with Crippen LogP contribution in [-0.2, 0) is 0 Å². The van der Waals surface area contributed by atoms with Crippen LogP contribution in [0.25, 0.3) is 0 Å². The maximum Gasteiger partial charge on any atom is 0.0577 e. The van der Waals surface area contributed by atoms with Crippen molar-refractivity contribution in [1.82, 2.24) is 4.90 Å². The molecular weight excluding hydrogens is 474 g/mol. The van der Waals surface area contributed by atoms with Crippen LogP contribution in [-0.4, -0.2) is 70.9 Å². The van der Waals surface area contributed by atoms with Crippen LogP contribution in [0.15, 0.2) is 11.6 Å². The Hall–Kier alpha value is -0.460. The van der Waals surface area contributed by atoms with Crippen molar-refractivity contribution in [2.24, 2.45) is 46.3 Å². The molecule has 0 saturated heterocycles. The van der Waals surface area contributed by atoms with Crippen LogP contribution >= 0.6 is 0 Å². The van der Waals surface area contributed by atoms with Gasteiger partial charge in [-0.25, -0.2) is 0 Å². The fourth-order valence-electron chi connectivity index (χ4n) is 9.43. The molecule has 5 heteroatoms. The molecule has 0 aromatic carbocycles. The maximum absolute atomic E-state index is 10.2. The number of fused-ring (bicyclic) bond motifs is 5. The third kappa shape index (κ3) is 7.24. The van der Waals surface area contributed by atoms with Gasteiger partial charge in [0.1, 0.15) is 0 Å². The van der Waals surface area contributed by atoms with E-state index in [-0.39, 0.29) is 25.9 Å². The van der Waals surface area contributed by atoms with Gasteiger partial charge in [-0.3, -0.25) is 4.90 Å². The smallest absolute Gasteiger partial charge is 0.0577 e. The molecular formula is C33H61NO4. The SMILES string of the molecule is CC(C)CCC[C@@H](C)[C@H]1CC[C@H]2[C@@H]3CC=C4C[C@@H](O)CC[C@]4(C)[C@H]3CC[C@]12C.OCCN(CCO)CCO. The minimum Gasteiger partial charge on any atom is -0.395 e. The maximum atomic E-state index is 10.2. The number of aliphatic hydroxyl groups excluding tert-OH is 4. The summed E-state index contributed by atoms with van der Waals surface area (Å²) >= 11 is 0. The lowest BCUT2D eigenvalue weighted by Gasteiger charge is -2.58. The van der Waals surface area contributed by atoms with Gasteiger partial charge in [0.15, 0.2) is 0 Å². The van der Waals surface area contributed by atoms with Gasteiger partial charge in [0, 0.05) is 19.6 Å². The summed E-state index contributed by atoms with van der Waals surface area (Å²) in [5, 5.41) is 35.7. The average molecular weight is 536 g/mol. The second-order valence-electron chi connectivity index (χ2n) is 14.2. The summed E-state index contributed by atoms with van der Waals surface area (Å²) in [4.78, 5) is 1.79. The Kier molecular flexibility index (Phi) is 12.2. The summed E-state index contributed by atoms with van der Waals surface area (Å²) in [7, 11) is 0. The third-order valence-corrected chi connectivity index (χ3v) is 11.5. The van der Waals surface area contributed by atoms with Crippen molar-refractivity contribution >= 4 is 0 Å². The Balaban J connectivity index is 0.000000342. The Morgan fingerprint density at radius 2 is 1.53 bits per heavy atom. The molecule has 8 atom stereocenters. The van der Waals surface area contributed by atoms with Crippen molar-refractivity contribution in [3.63, 3.8) is 0 Å². The van der Waals surface area contributed by atoms with Gasteiger partial charge in [-0.05, 0) is 97.7 Å². The highest BCUT2D eigenvalue weighted by atomic mass is 16.3. The van der Waals surface area contributed by atoms with Gasteiger partial charge < -0.3 is 20.4 Å². The highest BCUT2D eigenvalue weighted by molar-refractivity contribution is 5.25. The van der Waals surface area contributed by atoms with Gasteiger partial charge in [-0.1, -0.05) is 65.5 Å². The molecule has 0 amide bonds. The summed E-state index contributed by atoms with van der Waals surface area (Å²) in [5.74, 6) is 5.46. The van der Waals surface area contributed by atoms with Gasteiger partial charge in [-0.2, -0.15) is 0 Å². The first kappa shape index (κ1) is 32.1. The second kappa shape index (κ2) is 14.4. The zero-order chi connectivity index (χ0) is 27.9. The quantitative estimate of drug-likeness (QED) is 0.257. The molecule has 4 aliphatic rings. The first-order valence-electron chi connectivity index (χ1n) is 16.0. The molecule has 0 unspecified atom stereocenters. The third-order valence-electron chi connectivity index (χ3n) is 11.5. The molecule has 4 N–H and O–H groups in total. The van der Waals surface area contributed by atoms with E-state index in [4.69, 9.17) is 15.3 Å². The van der Waals surface area contributed by atoms with E-state index in [1.807, 2.05) is 0 Å². The Morgan fingerprint density at radius 1 is 0.868 bits per heavy atom. The Labute approximate surface area is 234 Å². The summed E-state index contributed by atoms with van der Waals surface area (Å²) in [6.07, 6.45) is 17.2. The predicted octanol–water partition coefficient (Wildman–Crippen LogP) is 5.65. The molecule has 0 bridgehead atoms. The van der Waals surface area contributed by atoms with E-state index in [0.29, 0.717) is 30.5 Å². The van der Waals surface area contributed by atoms with Crippen LogP contribution in [0.2, 0.25) is 0 Å². The van der Waals surface area contributed by atoms with Gasteiger partial charge in [0.2, 0.25) is 0 Å². The Morgan fingerprint density at radius 3 is 2.13 bits per heavy atom. The number of hydrogen-bond acceptors (Lipinski definition) is 5. The summed E-state index contributed by atoms with van der Waals surface area (Å²) in [6, 6.07) is 0. The molecule has 222 valence electrons. The van der Waals surface area contributed by atoms with Crippen molar-refractivity contribution in [1.29, 1.82) is 0 Å². The molecule has 38 heavy (non-hydrogen) atoms. The molecule has 5 nitrogen and oxygen atoms in total. The van der Waals surface area contributed by atoms with E-state index in [0.717, 1.165) is 48.3 Å². The minimum atomic E-state index is -0.0766. The van der Waals surface area contributed by atoms with E-state index < -0.39 is 0 Å². The van der Waals surface area contributed by atoms with Gasteiger partial charge >= 0.3 is 0 Å². The zero-order valence-corrected chi connectivity index (χ0v) is 25.4. The van der Waals surface area contributed by atoms with E-state index in [1.165, 1.54) is 57.8 Å². The van der Waals surface area contributed by atoms with E-state index >= 15 is 0 Å². The van der Waals surface area contributed by atoms with Crippen molar-refractivity contribution in [2.45, 2.75) is 111 Å². The lowest BCUT2D eigenvalue weighted by molar-refractivity contribution is -0.0573. The topological polar surface area (TPSA) is 84.2 Å². The standard InChI is InChI=1S/C27H46O.C6H15NO3/c1-18(2)7-6-8-19(3)23-11-12-24-22-10-9-20-17-21(28)13-15-26(20,4)25(22)14-16-27(23,24)5;8-4-1-7(2-5-9)3-6-10/h9,18-19,21-25,28H,6-8,10-17H2,1-5H3;8-10H,1-6H2/t19-,21+,22+,23-,24+,25+,26+,27-;/m1./s1. The van der Waals surface area contributed by atoms with Gasteiger partial charge in [0.25, 0.3) is 0 Å². The van der Waals surface area contributed by atoms with Crippen LogP contribution in [0.1, 0.15) is 105 Å². The van der Waals surface area contributed by atoms with Crippen LogP contribution in [0.5, 0.6) is 0 Å². The van der Waals surface area contributed by atoms with Crippen LogP contribution < -0.4 is 0 Å². The fraction of sp³-hybridized carbons (Fsp3) is 0.939. The predicted molar refractivity (Wildman–Crippen MR) is 157 cm³/mol. The number of allylic oxidation sites excluding steroid dienone is 1. The number of nitrogens with zero attached hydrogens (tertiary/aromatic N) is 1. The summed E-state index contributed by atoms with van der Waals surface area (Å²) in [6.45, 7) is 14.3. The van der Waals surface area contributed by atoms with Gasteiger partial charge in [0.05, 0.1) is 25.9 Å². The van der Waals surface area contributed by atoms with Crippen molar-refractivity contribution in [2.75, 3.05) is 39.5 Å². The lowest BCUT2D eigenvalue weighted by Crippen LogP contribution is -2.50. The molecule has 4 aliphatic carbocycles. The number of aliphatic hydroxyl groups is 4. The van der Waals surface area contributed by atoms with E-state index in [1.54, 1.807) is 10.5 Å². The summed E-state index contributed by atoms with van der Waals surface area (Å²) in [5.41, 5.74) is 2.60. The van der Waals surface area contributed by atoms with E-state index in [9.17, 15) is 5.11 Å². The molecule has 4 rings (SSSR count). The molecule has 0 heterocycles.